The molecule has 0 fully saturated rings. The van der Waals surface area contributed by atoms with Crippen molar-refractivity contribution in [2.24, 2.45) is 0 Å². The molecule has 0 amide bonds. The molecule has 0 bridgehead atoms. The topological polar surface area (TPSA) is 113 Å². The number of anilines is 1. The third kappa shape index (κ3) is 3.60. The van der Waals surface area contributed by atoms with Gasteiger partial charge in [-0.1, -0.05) is 11.8 Å². The molecule has 2 N–H and O–H groups in total. The van der Waals surface area contributed by atoms with E-state index < -0.39 is 5.25 Å². The predicted molar refractivity (Wildman–Crippen MR) is 70.0 cm³/mol. The van der Waals surface area contributed by atoms with Gasteiger partial charge >= 0.3 is 5.97 Å². The number of carbonyl (C=O) groups excluding carboxylic acids is 1. The number of ether oxygens (including phenoxy) is 1. The van der Waals surface area contributed by atoms with Gasteiger partial charge in [-0.25, -0.2) is 4.98 Å². The molecule has 0 spiro atoms. The van der Waals surface area contributed by atoms with Gasteiger partial charge in [0.05, 0.1) is 17.7 Å². The first-order valence-corrected chi connectivity index (χ1v) is 6.35. The fourth-order valence-electron chi connectivity index (χ4n) is 1.24. The number of nitrogens with two attached hydrogens (primary N) is 1. The number of rotatable bonds is 4. The maximum absolute atomic E-state index is 11.5. The maximum atomic E-state index is 11.5. The summed E-state index contributed by atoms with van der Waals surface area (Å²) in [6, 6.07) is 5.15. The molecule has 1 heterocycles. The van der Waals surface area contributed by atoms with Crippen molar-refractivity contribution in [1.29, 1.82) is 10.5 Å². The molecular weight excluding hydrogens is 264 g/mol. The molecular formula is C12H12N4O2S. The van der Waals surface area contributed by atoms with Gasteiger partial charge in [-0.3, -0.25) is 4.79 Å². The molecule has 1 aromatic heterocycles. The molecule has 19 heavy (non-hydrogen) atoms. The number of aromatic nitrogens is 1. The summed E-state index contributed by atoms with van der Waals surface area (Å²) >= 11 is 1.08. The lowest BCUT2D eigenvalue weighted by molar-refractivity contribution is -0.142. The van der Waals surface area contributed by atoms with E-state index >= 15 is 0 Å². The first-order valence-electron chi connectivity index (χ1n) is 5.47. The van der Waals surface area contributed by atoms with E-state index in [4.69, 9.17) is 21.0 Å². The van der Waals surface area contributed by atoms with Gasteiger partial charge in [-0.2, -0.15) is 10.5 Å². The van der Waals surface area contributed by atoms with E-state index in [0.717, 1.165) is 11.8 Å². The fourth-order valence-corrected chi connectivity index (χ4v) is 2.13. The first kappa shape index (κ1) is 14.8. The third-order valence-electron chi connectivity index (χ3n) is 2.16. The Balaban J connectivity index is 3.02. The normalized spacial score (nSPS) is 11.2. The number of esters is 1. The van der Waals surface area contributed by atoms with Crippen LogP contribution in [-0.4, -0.2) is 22.8 Å². The highest BCUT2D eigenvalue weighted by atomic mass is 32.2. The van der Waals surface area contributed by atoms with E-state index in [1.165, 1.54) is 6.07 Å². The van der Waals surface area contributed by atoms with Crippen molar-refractivity contribution in [2.45, 2.75) is 24.1 Å². The van der Waals surface area contributed by atoms with Gasteiger partial charge < -0.3 is 10.5 Å². The summed E-state index contributed by atoms with van der Waals surface area (Å²) in [6.07, 6.45) is 0. The molecule has 0 saturated heterocycles. The predicted octanol–water partition coefficient (Wildman–Crippen LogP) is 1.45. The van der Waals surface area contributed by atoms with E-state index in [2.05, 4.69) is 4.98 Å². The van der Waals surface area contributed by atoms with Crippen LogP contribution in [0.2, 0.25) is 0 Å². The number of carbonyl (C=O) groups is 1. The van der Waals surface area contributed by atoms with Crippen LogP contribution in [0.1, 0.15) is 25.0 Å². The average molecular weight is 276 g/mol. The standard InChI is InChI=1S/C12H12N4O2S/c1-3-18-12(17)7(2)19-11-9(6-14)4-8(5-13)10(15)16-11/h4,7H,3H2,1-2H3,(H2,15,16). The van der Waals surface area contributed by atoms with E-state index in [1.54, 1.807) is 13.8 Å². The molecule has 0 aliphatic heterocycles. The van der Waals surface area contributed by atoms with Crippen LogP contribution in [0.25, 0.3) is 0 Å². The molecule has 0 aliphatic carbocycles. The second kappa shape index (κ2) is 6.62. The second-order valence-corrected chi connectivity index (χ2v) is 4.84. The van der Waals surface area contributed by atoms with Crippen molar-refractivity contribution >= 4 is 23.5 Å². The Hall–Kier alpha value is -2.25. The van der Waals surface area contributed by atoms with E-state index in [0.29, 0.717) is 5.03 Å². The van der Waals surface area contributed by atoms with Gasteiger partial charge in [-0.15, -0.1) is 0 Å². The van der Waals surface area contributed by atoms with E-state index in [-0.39, 0.29) is 29.5 Å². The summed E-state index contributed by atoms with van der Waals surface area (Å²) in [5.74, 6) is -0.346. The summed E-state index contributed by atoms with van der Waals surface area (Å²) in [6.45, 7) is 3.66. The van der Waals surface area contributed by atoms with E-state index in [9.17, 15) is 4.79 Å². The average Bonchev–Trinajstić information content (AvgIpc) is 2.39. The molecule has 0 aliphatic rings. The van der Waals surface area contributed by atoms with Gasteiger partial charge in [0.2, 0.25) is 0 Å². The quantitative estimate of drug-likeness (QED) is 0.654. The summed E-state index contributed by atoms with van der Waals surface area (Å²) in [7, 11) is 0. The molecule has 98 valence electrons. The zero-order chi connectivity index (χ0) is 14.4. The van der Waals surface area contributed by atoms with Crippen molar-refractivity contribution in [3.05, 3.63) is 17.2 Å². The molecule has 7 heteroatoms. The van der Waals surface area contributed by atoms with Gasteiger partial charge in [0.15, 0.2) is 0 Å². The lowest BCUT2D eigenvalue weighted by atomic mass is 10.2. The Morgan fingerprint density at radius 3 is 2.68 bits per heavy atom. The van der Waals surface area contributed by atoms with Crippen LogP contribution in [-0.2, 0) is 9.53 Å². The highest BCUT2D eigenvalue weighted by Gasteiger charge is 2.19. The van der Waals surface area contributed by atoms with Gasteiger partial charge in [0.1, 0.15) is 28.2 Å². The number of thioether (sulfide) groups is 1. The Morgan fingerprint density at radius 2 is 2.16 bits per heavy atom. The highest BCUT2D eigenvalue weighted by molar-refractivity contribution is 8.00. The number of pyridine rings is 1. The smallest absolute Gasteiger partial charge is 0.319 e. The monoisotopic (exact) mass is 276 g/mol. The molecule has 1 unspecified atom stereocenters. The highest BCUT2D eigenvalue weighted by Crippen LogP contribution is 2.27. The number of hydrogen-bond donors (Lipinski definition) is 1. The van der Waals surface area contributed by atoms with Crippen LogP contribution in [0.3, 0.4) is 0 Å². The summed E-state index contributed by atoms with van der Waals surface area (Å²) in [5, 5.41) is 17.6. The van der Waals surface area contributed by atoms with Gasteiger partial charge in [0.25, 0.3) is 0 Å². The van der Waals surface area contributed by atoms with Crippen LogP contribution in [0, 0.1) is 22.7 Å². The van der Waals surface area contributed by atoms with Crippen molar-refractivity contribution in [2.75, 3.05) is 12.3 Å². The Labute approximate surface area is 115 Å². The Kier molecular flexibility index (Phi) is 5.16. The van der Waals surface area contributed by atoms with E-state index in [1.807, 2.05) is 12.1 Å². The van der Waals surface area contributed by atoms with Crippen LogP contribution in [0.5, 0.6) is 0 Å². The van der Waals surface area contributed by atoms with Crippen LogP contribution in [0.4, 0.5) is 5.82 Å². The van der Waals surface area contributed by atoms with Crippen molar-refractivity contribution < 1.29 is 9.53 Å². The summed E-state index contributed by atoms with van der Waals surface area (Å²) in [5.41, 5.74) is 5.95. The molecule has 1 rings (SSSR count). The fraction of sp³-hybridized carbons (Fsp3) is 0.333. The van der Waals surface area contributed by atoms with Crippen LogP contribution >= 0.6 is 11.8 Å². The van der Waals surface area contributed by atoms with Crippen molar-refractivity contribution in [3.63, 3.8) is 0 Å². The first-order chi connectivity index (χ1) is 9.03. The minimum absolute atomic E-state index is 0.0417. The minimum atomic E-state index is -0.508. The summed E-state index contributed by atoms with van der Waals surface area (Å²) < 4.78 is 4.87. The zero-order valence-corrected chi connectivity index (χ0v) is 11.3. The minimum Gasteiger partial charge on any atom is -0.465 e. The van der Waals surface area contributed by atoms with Crippen LogP contribution < -0.4 is 5.73 Å². The molecule has 1 aromatic rings. The second-order valence-electron chi connectivity index (χ2n) is 3.51. The number of hydrogen-bond acceptors (Lipinski definition) is 7. The number of nitrogens with zero attached hydrogens (tertiary/aromatic N) is 3. The maximum Gasteiger partial charge on any atom is 0.319 e. The Bertz CT molecular complexity index is 574. The van der Waals surface area contributed by atoms with Crippen LogP contribution in [0.15, 0.2) is 11.1 Å². The zero-order valence-electron chi connectivity index (χ0n) is 10.5. The molecule has 6 nitrogen and oxygen atoms in total. The van der Waals surface area contributed by atoms with Crippen molar-refractivity contribution in [1.82, 2.24) is 4.98 Å². The lowest BCUT2D eigenvalue weighted by Crippen LogP contribution is -2.17. The Morgan fingerprint density at radius 1 is 1.53 bits per heavy atom. The van der Waals surface area contributed by atoms with Crippen molar-refractivity contribution in [3.8, 4) is 12.1 Å². The molecule has 0 aromatic carbocycles. The number of nitrogen functional groups attached to an aromatic ring is 1. The molecule has 0 saturated carbocycles. The number of nitriles is 2. The SMILES string of the molecule is CCOC(=O)C(C)Sc1nc(N)c(C#N)cc1C#N. The molecule has 1 atom stereocenters. The third-order valence-corrected chi connectivity index (χ3v) is 3.25. The van der Waals surface area contributed by atoms with Gasteiger partial charge in [-0.05, 0) is 19.9 Å². The van der Waals surface area contributed by atoms with Gasteiger partial charge in [0, 0.05) is 0 Å². The largest absolute Gasteiger partial charge is 0.465 e. The lowest BCUT2D eigenvalue weighted by Gasteiger charge is -2.11. The molecule has 0 radical (unpaired) electrons. The summed E-state index contributed by atoms with van der Waals surface area (Å²) in [4.78, 5) is 15.5.